The van der Waals surface area contributed by atoms with Gasteiger partial charge in [0.15, 0.2) is 0 Å². The Hall–Kier alpha value is -3.36. The van der Waals surface area contributed by atoms with Crippen molar-refractivity contribution in [3.63, 3.8) is 0 Å². The monoisotopic (exact) mass is 469 g/mol. The van der Waals surface area contributed by atoms with E-state index in [1.807, 2.05) is 16.7 Å². The van der Waals surface area contributed by atoms with Gasteiger partial charge in [-0.2, -0.15) is 0 Å². The number of fused-ring (bicyclic) bond motifs is 3. The van der Waals surface area contributed by atoms with Crippen LogP contribution in [0.5, 0.6) is 5.75 Å². The number of methoxy groups -OCH3 is 1. The summed E-state index contributed by atoms with van der Waals surface area (Å²) < 4.78 is 30.7. The molecule has 0 aliphatic carbocycles. The molecule has 1 aliphatic heterocycles. The normalized spacial score (nSPS) is 15.6. The Morgan fingerprint density at radius 3 is 2.48 bits per heavy atom. The van der Waals surface area contributed by atoms with E-state index in [9.17, 15) is 14.0 Å². The Kier molecular flexibility index (Phi) is 5.14. The first-order chi connectivity index (χ1) is 15.8. The van der Waals surface area contributed by atoms with E-state index in [2.05, 4.69) is 0 Å². The van der Waals surface area contributed by atoms with Crippen molar-refractivity contribution in [3.05, 3.63) is 85.4 Å². The van der Waals surface area contributed by atoms with E-state index in [1.54, 1.807) is 32.4 Å². The Bertz CT molecular complexity index is 1500. The number of nitrogens with zero attached hydrogens (tertiary/aromatic N) is 3. The highest BCUT2D eigenvalue weighted by Crippen LogP contribution is 2.43. The summed E-state index contributed by atoms with van der Waals surface area (Å²) >= 11 is 6.39. The van der Waals surface area contributed by atoms with Gasteiger partial charge in [-0.1, -0.05) is 17.7 Å². The van der Waals surface area contributed by atoms with Gasteiger partial charge >= 0.3 is 5.69 Å². The standard InChI is InChI=1S/C24H21ClFN3O4/c1-27-20-18(23(30)28(2)24(27)31)19(13-7-9-14(32-3)10-8-13)29-11-12-33-22(21(20)29)17-15(25)5-4-6-16(17)26/h4-10,22H,11-12H2,1-3H3. The van der Waals surface area contributed by atoms with Crippen molar-refractivity contribution < 1.29 is 13.9 Å². The minimum atomic E-state index is -0.889. The zero-order chi connectivity index (χ0) is 23.4. The number of benzene rings is 2. The van der Waals surface area contributed by atoms with E-state index in [4.69, 9.17) is 21.1 Å². The molecule has 170 valence electrons. The van der Waals surface area contributed by atoms with E-state index in [0.717, 1.165) is 10.1 Å². The van der Waals surface area contributed by atoms with Gasteiger partial charge in [-0.15, -0.1) is 0 Å². The van der Waals surface area contributed by atoms with Gasteiger partial charge < -0.3 is 14.0 Å². The van der Waals surface area contributed by atoms with Gasteiger partial charge in [-0.25, -0.2) is 9.18 Å². The average molecular weight is 470 g/mol. The van der Waals surface area contributed by atoms with Crippen LogP contribution in [-0.2, 0) is 25.4 Å². The minimum Gasteiger partial charge on any atom is -0.497 e. The fraction of sp³-hybridized carbons (Fsp3) is 0.250. The number of rotatable bonds is 3. The highest BCUT2D eigenvalue weighted by atomic mass is 35.5. The molecule has 3 heterocycles. The van der Waals surface area contributed by atoms with Crippen LogP contribution in [0.4, 0.5) is 4.39 Å². The van der Waals surface area contributed by atoms with Crippen LogP contribution >= 0.6 is 11.6 Å². The van der Waals surface area contributed by atoms with Crippen LogP contribution in [0.2, 0.25) is 5.02 Å². The molecule has 5 rings (SSSR count). The first-order valence-corrected chi connectivity index (χ1v) is 10.7. The van der Waals surface area contributed by atoms with Crippen molar-refractivity contribution >= 4 is 22.5 Å². The highest BCUT2D eigenvalue weighted by Gasteiger charge is 2.35. The first kappa shape index (κ1) is 21.5. The Morgan fingerprint density at radius 2 is 1.82 bits per heavy atom. The maximum atomic E-state index is 14.9. The Balaban J connectivity index is 1.94. The number of halogens is 2. The lowest BCUT2D eigenvalue weighted by atomic mass is 10.0. The summed E-state index contributed by atoms with van der Waals surface area (Å²) in [7, 11) is 4.62. The number of hydrogen-bond donors (Lipinski definition) is 0. The largest absolute Gasteiger partial charge is 0.497 e. The van der Waals surface area contributed by atoms with Crippen LogP contribution in [0.3, 0.4) is 0 Å². The average Bonchev–Trinajstić information content (AvgIpc) is 3.17. The quantitative estimate of drug-likeness (QED) is 0.459. The third kappa shape index (κ3) is 3.13. The van der Waals surface area contributed by atoms with E-state index in [-0.39, 0.29) is 17.2 Å². The molecule has 1 aliphatic rings. The molecule has 1 atom stereocenters. The molecule has 0 amide bonds. The van der Waals surface area contributed by atoms with E-state index in [1.165, 1.54) is 23.7 Å². The number of aromatic nitrogens is 3. The maximum Gasteiger partial charge on any atom is 0.331 e. The summed E-state index contributed by atoms with van der Waals surface area (Å²) in [4.78, 5) is 26.2. The molecule has 0 saturated carbocycles. The van der Waals surface area contributed by atoms with Crippen LogP contribution in [0, 0.1) is 5.82 Å². The van der Waals surface area contributed by atoms with Crippen LogP contribution in [-0.4, -0.2) is 27.4 Å². The van der Waals surface area contributed by atoms with E-state index < -0.39 is 23.2 Å². The molecule has 1 unspecified atom stereocenters. The molecule has 0 bridgehead atoms. The van der Waals surface area contributed by atoms with Gasteiger partial charge in [0, 0.05) is 31.2 Å². The molecule has 0 N–H and O–H groups in total. The van der Waals surface area contributed by atoms with Crippen LogP contribution < -0.4 is 16.0 Å². The number of aryl methyl sites for hydroxylation is 1. The molecule has 33 heavy (non-hydrogen) atoms. The van der Waals surface area contributed by atoms with Gasteiger partial charge in [0.05, 0.1) is 36.0 Å². The van der Waals surface area contributed by atoms with Crippen molar-refractivity contribution in [2.45, 2.75) is 12.6 Å². The highest BCUT2D eigenvalue weighted by molar-refractivity contribution is 6.31. The lowest BCUT2D eigenvalue weighted by molar-refractivity contribution is 0.0458. The van der Waals surface area contributed by atoms with Crippen molar-refractivity contribution in [3.8, 4) is 17.0 Å². The predicted octanol–water partition coefficient (Wildman–Crippen LogP) is 3.63. The smallest absolute Gasteiger partial charge is 0.331 e. The van der Waals surface area contributed by atoms with Gasteiger partial charge in [0.2, 0.25) is 0 Å². The molecule has 2 aromatic carbocycles. The zero-order valence-corrected chi connectivity index (χ0v) is 19.0. The topological polar surface area (TPSA) is 67.4 Å². The number of hydrogen-bond acceptors (Lipinski definition) is 4. The molecule has 0 saturated heterocycles. The second-order valence-electron chi connectivity index (χ2n) is 7.93. The van der Waals surface area contributed by atoms with E-state index in [0.29, 0.717) is 34.6 Å². The van der Waals surface area contributed by atoms with Gasteiger partial charge in [-0.05, 0) is 42.0 Å². The Morgan fingerprint density at radius 1 is 1.09 bits per heavy atom. The molecule has 0 radical (unpaired) electrons. The van der Waals surface area contributed by atoms with Crippen LogP contribution in [0.25, 0.3) is 22.2 Å². The summed E-state index contributed by atoms with van der Waals surface area (Å²) in [6.07, 6.45) is -0.889. The fourth-order valence-electron chi connectivity index (χ4n) is 4.61. The summed E-state index contributed by atoms with van der Waals surface area (Å²) in [5, 5.41) is 0.574. The van der Waals surface area contributed by atoms with Crippen molar-refractivity contribution in [2.24, 2.45) is 14.1 Å². The molecule has 0 fully saturated rings. The molecule has 2 aromatic heterocycles. The summed E-state index contributed by atoms with van der Waals surface area (Å²) in [6.45, 7) is 0.700. The summed E-state index contributed by atoms with van der Waals surface area (Å²) in [5.41, 5.74) is 1.59. The van der Waals surface area contributed by atoms with Crippen molar-refractivity contribution in [1.29, 1.82) is 0 Å². The van der Waals surface area contributed by atoms with Crippen LogP contribution in [0.15, 0.2) is 52.1 Å². The van der Waals surface area contributed by atoms with Gasteiger partial charge in [-0.3, -0.25) is 13.9 Å². The molecule has 0 spiro atoms. The maximum absolute atomic E-state index is 14.9. The zero-order valence-electron chi connectivity index (χ0n) is 18.3. The number of ether oxygens (including phenoxy) is 2. The lowest BCUT2D eigenvalue weighted by Gasteiger charge is -2.28. The van der Waals surface area contributed by atoms with Gasteiger partial charge in [0.25, 0.3) is 5.56 Å². The van der Waals surface area contributed by atoms with Crippen molar-refractivity contribution in [2.75, 3.05) is 13.7 Å². The first-order valence-electron chi connectivity index (χ1n) is 10.4. The molecular weight excluding hydrogens is 449 g/mol. The Labute approximate surface area is 193 Å². The van der Waals surface area contributed by atoms with Gasteiger partial charge in [0.1, 0.15) is 17.7 Å². The molecule has 4 aromatic rings. The van der Waals surface area contributed by atoms with E-state index >= 15 is 0 Å². The van der Waals surface area contributed by atoms with Crippen molar-refractivity contribution in [1.82, 2.24) is 13.7 Å². The SMILES string of the molecule is COc1ccc(-c2c3c(=O)n(C)c(=O)n(C)c3c3n2CCOC3c2c(F)cccc2Cl)cc1. The minimum absolute atomic E-state index is 0.175. The molecule has 9 heteroatoms. The molecule has 7 nitrogen and oxygen atoms in total. The third-order valence-corrected chi connectivity index (χ3v) is 6.51. The van der Waals surface area contributed by atoms with Crippen LogP contribution in [0.1, 0.15) is 17.4 Å². The second kappa shape index (κ2) is 7.90. The summed E-state index contributed by atoms with van der Waals surface area (Å²) in [5.74, 6) is 0.156. The summed E-state index contributed by atoms with van der Waals surface area (Å²) in [6, 6.07) is 11.7. The second-order valence-corrected chi connectivity index (χ2v) is 8.34. The third-order valence-electron chi connectivity index (χ3n) is 6.18. The lowest BCUT2D eigenvalue weighted by Crippen LogP contribution is -2.37. The molecular formula is C24H21ClFN3O4. The fourth-order valence-corrected chi connectivity index (χ4v) is 4.87. The predicted molar refractivity (Wildman–Crippen MR) is 124 cm³/mol.